The lowest BCUT2D eigenvalue weighted by atomic mass is 9.62. The van der Waals surface area contributed by atoms with Gasteiger partial charge in [0.25, 0.3) is 5.91 Å². The Morgan fingerprint density at radius 3 is 2.15 bits per heavy atom. The molecule has 2 heterocycles. The van der Waals surface area contributed by atoms with E-state index in [9.17, 15) is 9.59 Å². The highest BCUT2D eigenvalue weighted by Gasteiger charge is 2.55. The van der Waals surface area contributed by atoms with Gasteiger partial charge in [0.05, 0.1) is 6.10 Å². The van der Waals surface area contributed by atoms with Gasteiger partial charge in [-0.1, -0.05) is 30.8 Å². The normalized spacial score (nSPS) is 31.5. The molecule has 4 aliphatic rings. The van der Waals surface area contributed by atoms with Crippen molar-refractivity contribution >= 4 is 11.8 Å². The van der Waals surface area contributed by atoms with Crippen LogP contribution in [0.15, 0.2) is 36.9 Å². The second kappa shape index (κ2) is 6.88. The smallest absolute Gasteiger partial charge is 0.252 e. The molecule has 2 saturated carbocycles. The van der Waals surface area contributed by atoms with Crippen LogP contribution in [0.3, 0.4) is 0 Å². The minimum atomic E-state index is -0.580. The number of hydrogen-bond acceptors (Lipinski definition) is 3. The summed E-state index contributed by atoms with van der Waals surface area (Å²) in [4.78, 5) is 24.1. The average Bonchev–Trinajstić information content (AvgIpc) is 2.63. The fraction of sp³-hybridized carbons (Fsp3) is 0.524. The van der Waals surface area contributed by atoms with E-state index in [1.807, 2.05) is 24.3 Å². The number of amides is 2. The molecule has 1 aromatic carbocycles. The molecule has 2 saturated heterocycles. The van der Waals surface area contributed by atoms with Gasteiger partial charge < -0.3 is 15.4 Å². The molecule has 0 radical (unpaired) electrons. The number of benzene rings is 1. The molecule has 5 heteroatoms. The van der Waals surface area contributed by atoms with Gasteiger partial charge in [0, 0.05) is 13.1 Å². The maximum atomic E-state index is 12.9. The van der Waals surface area contributed by atoms with Crippen LogP contribution in [-0.4, -0.2) is 23.5 Å². The number of ether oxygens (including phenoxy) is 1. The first-order chi connectivity index (χ1) is 12.6. The molecule has 2 N–H and O–H groups in total. The Kier molecular flexibility index (Phi) is 4.57. The SMILES string of the molecule is C=CC(=O)NCc1ccc(CNC(=O)C23CC4CC(CC(C4)O2)C3)cc1. The molecule has 26 heavy (non-hydrogen) atoms. The summed E-state index contributed by atoms with van der Waals surface area (Å²) in [6.45, 7) is 4.41. The van der Waals surface area contributed by atoms with Crippen molar-refractivity contribution < 1.29 is 14.3 Å². The number of nitrogens with one attached hydrogen (secondary N) is 2. The van der Waals surface area contributed by atoms with Crippen LogP contribution >= 0.6 is 0 Å². The zero-order valence-electron chi connectivity index (χ0n) is 15.0. The molecule has 2 unspecified atom stereocenters. The zero-order chi connectivity index (χ0) is 18.1. The summed E-state index contributed by atoms with van der Waals surface area (Å²) in [5.41, 5.74) is 1.48. The second-order valence-electron chi connectivity index (χ2n) is 8.00. The molecule has 5 rings (SSSR count). The van der Waals surface area contributed by atoms with Gasteiger partial charge >= 0.3 is 0 Å². The van der Waals surface area contributed by atoms with Crippen molar-refractivity contribution in [3.63, 3.8) is 0 Å². The lowest BCUT2D eigenvalue weighted by Gasteiger charge is -2.55. The average molecular weight is 354 g/mol. The molecule has 0 spiro atoms. The third kappa shape index (κ3) is 3.40. The maximum absolute atomic E-state index is 12.9. The molecule has 2 atom stereocenters. The Balaban J connectivity index is 1.32. The Morgan fingerprint density at radius 1 is 1.04 bits per heavy atom. The van der Waals surface area contributed by atoms with Crippen LogP contribution in [0.5, 0.6) is 0 Å². The molecule has 5 nitrogen and oxygen atoms in total. The minimum absolute atomic E-state index is 0.0546. The van der Waals surface area contributed by atoms with E-state index in [1.165, 1.54) is 12.5 Å². The molecule has 138 valence electrons. The monoisotopic (exact) mass is 354 g/mol. The predicted octanol–water partition coefficient (Wildman–Crippen LogP) is 2.45. The molecule has 0 aromatic heterocycles. The summed E-state index contributed by atoms with van der Waals surface area (Å²) in [5, 5.41) is 5.84. The topological polar surface area (TPSA) is 67.4 Å². The maximum Gasteiger partial charge on any atom is 0.252 e. The highest BCUT2D eigenvalue weighted by atomic mass is 16.5. The highest BCUT2D eigenvalue weighted by molar-refractivity contribution is 5.86. The summed E-state index contributed by atoms with van der Waals surface area (Å²) >= 11 is 0. The fourth-order valence-electron chi connectivity index (χ4n) is 4.98. The molecular weight excluding hydrogens is 328 g/mol. The van der Waals surface area contributed by atoms with Crippen molar-refractivity contribution in [1.82, 2.24) is 10.6 Å². The van der Waals surface area contributed by atoms with Crippen LogP contribution < -0.4 is 10.6 Å². The van der Waals surface area contributed by atoms with E-state index in [1.54, 1.807) is 0 Å². The van der Waals surface area contributed by atoms with Gasteiger partial charge in [-0.25, -0.2) is 0 Å². The Morgan fingerprint density at radius 2 is 1.62 bits per heavy atom. The summed E-state index contributed by atoms with van der Waals surface area (Å²) < 4.78 is 6.18. The molecule has 4 fully saturated rings. The summed E-state index contributed by atoms with van der Waals surface area (Å²) in [6, 6.07) is 7.89. The van der Waals surface area contributed by atoms with E-state index < -0.39 is 5.60 Å². The van der Waals surface area contributed by atoms with Crippen molar-refractivity contribution in [1.29, 1.82) is 0 Å². The van der Waals surface area contributed by atoms with Gasteiger partial charge in [0.2, 0.25) is 5.91 Å². The molecule has 2 amide bonds. The summed E-state index contributed by atoms with van der Waals surface area (Å²) in [5.74, 6) is 1.20. The van der Waals surface area contributed by atoms with Crippen molar-refractivity contribution in [3.8, 4) is 0 Å². The predicted molar refractivity (Wildman–Crippen MR) is 98.0 cm³/mol. The number of carbonyl (C=O) groups excluding carboxylic acids is 2. The first-order valence-electron chi connectivity index (χ1n) is 9.50. The van der Waals surface area contributed by atoms with E-state index in [0.29, 0.717) is 24.9 Å². The van der Waals surface area contributed by atoms with E-state index in [0.717, 1.165) is 36.8 Å². The van der Waals surface area contributed by atoms with Crippen molar-refractivity contribution in [3.05, 3.63) is 48.0 Å². The lowest BCUT2D eigenvalue weighted by molar-refractivity contribution is -0.218. The van der Waals surface area contributed by atoms with Crippen molar-refractivity contribution in [2.45, 2.75) is 56.9 Å². The molecule has 1 aromatic rings. The quantitative estimate of drug-likeness (QED) is 0.771. The van der Waals surface area contributed by atoms with Gasteiger partial charge in [-0.2, -0.15) is 0 Å². The molecule has 4 bridgehead atoms. The van der Waals surface area contributed by atoms with Crippen LogP contribution in [0.2, 0.25) is 0 Å². The first kappa shape index (κ1) is 17.3. The van der Waals surface area contributed by atoms with Gasteiger partial charge in [0.1, 0.15) is 5.60 Å². The molecule has 2 aliphatic heterocycles. The lowest BCUT2D eigenvalue weighted by Crippen LogP contribution is -2.61. The highest BCUT2D eigenvalue weighted by Crippen LogP contribution is 2.53. The molecular formula is C21H26N2O3. The number of rotatable bonds is 6. The van der Waals surface area contributed by atoms with Gasteiger partial charge in [-0.15, -0.1) is 0 Å². The summed E-state index contributed by atoms with van der Waals surface area (Å²) in [7, 11) is 0. The Hall–Kier alpha value is -2.14. The largest absolute Gasteiger partial charge is 0.362 e. The second-order valence-corrected chi connectivity index (χ2v) is 8.00. The number of hydrogen-bond donors (Lipinski definition) is 2. The summed E-state index contributed by atoms with van der Waals surface area (Å²) in [6.07, 6.45) is 6.86. The van der Waals surface area contributed by atoms with E-state index >= 15 is 0 Å². The number of carbonyl (C=O) groups is 2. The minimum Gasteiger partial charge on any atom is -0.362 e. The van der Waals surface area contributed by atoms with E-state index in [-0.39, 0.29) is 17.9 Å². The van der Waals surface area contributed by atoms with Gasteiger partial charge in [-0.3, -0.25) is 9.59 Å². The van der Waals surface area contributed by atoms with Crippen LogP contribution in [0, 0.1) is 11.8 Å². The third-order valence-electron chi connectivity index (χ3n) is 6.03. The molecule has 2 aliphatic carbocycles. The van der Waals surface area contributed by atoms with E-state index in [4.69, 9.17) is 4.74 Å². The van der Waals surface area contributed by atoms with Crippen molar-refractivity contribution in [2.75, 3.05) is 0 Å². The van der Waals surface area contributed by atoms with Crippen LogP contribution in [0.4, 0.5) is 0 Å². The van der Waals surface area contributed by atoms with Crippen LogP contribution in [0.1, 0.15) is 43.2 Å². The van der Waals surface area contributed by atoms with Crippen LogP contribution in [-0.2, 0) is 27.4 Å². The van der Waals surface area contributed by atoms with Gasteiger partial charge in [0.15, 0.2) is 0 Å². The fourth-order valence-corrected chi connectivity index (χ4v) is 4.98. The van der Waals surface area contributed by atoms with E-state index in [2.05, 4.69) is 17.2 Å². The standard InChI is InChI=1S/C21H26N2O3/c1-2-19(24)22-12-14-3-5-15(6-4-14)13-23-20(25)21-10-16-7-17(11-21)9-18(8-16)26-21/h2-6,16-18H,1,7-13H2,(H,22,24)(H,23,25). The Labute approximate surface area is 154 Å². The first-order valence-corrected chi connectivity index (χ1v) is 9.50. The van der Waals surface area contributed by atoms with Crippen molar-refractivity contribution in [2.24, 2.45) is 11.8 Å². The Bertz CT molecular complexity index is 675. The third-order valence-corrected chi connectivity index (χ3v) is 6.03. The van der Waals surface area contributed by atoms with Gasteiger partial charge in [-0.05, 0) is 61.1 Å². The van der Waals surface area contributed by atoms with Crippen LogP contribution in [0.25, 0.3) is 0 Å². The zero-order valence-corrected chi connectivity index (χ0v) is 15.0.